The van der Waals surface area contributed by atoms with Crippen LogP contribution >= 0.6 is 0 Å². The van der Waals surface area contributed by atoms with Gasteiger partial charge in [-0.1, -0.05) is 19.9 Å². The van der Waals surface area contributed by atoms with Gasteiger partial charge in [-0.2, -0.15) is 0 Å². The molecule has 2 heterocycles. The van der Waals surface area contributed by atoms with Crippen molar-refractivity contribution in [3.8, 4) is 5.75 Å². The number of ether oxygens (including phenoxy) is 1. The molecule has 7 heteroatoms. The van der Waals surface area contributed by atoms with Crippen molar-refractivity contribution in [1.82, 2.24) is 9.88 Å². The number of ketones is 2. The van der Waals surface area contributed by atoms with Crippen molar-refractivity contribution in [2.24, 2.45) is 11.8 Å². The van der Waals surface area contributed by atoms with Crippen LogP contribution in [0.25, 0.3) is 0 Å². The fourth-order valence-corrected chi connectivity index (χ4v) is 4.19. The summed E-state index contributed by atoms with van der Waals surface area (Å²) in [4.78, 5) is 46.7. The van der Waals surface area contributed by atoms with Gasteiger partial charge < -0.3 is 14.5 Å². The first kappa shape index (κ1) is 24.6. The number of Topliss-reactive ketones (excluding diaryl/α,β-unsaturated/α-hetero) is 2. The highest BCUT2D eigenvalue weighted by atomic mass is 16.5. The minimum absolute atomic E-state index is 0.337. The Kier molecular flexibility index (Phi) is 7.97. The molecule has 2 aromatic rings. The number of aromatic nitrogens is 1. The molecule has 1 saturated heterocycles. The van der Waals surface area contributed by atoms with Gasteiger partial charge in [0.05, 0.1) is 33.3 Å². The number of nitrogens with zero attached hydrogens (tertiary/aromatic N) is 2. The predicted octanol–water partition coefficient (Wildman–Crippen LogP) is 1.91. The zero-order valence-electron chi connectivity index (χ0n) is 20.1. The number of amides is 1. The fraction of sp³-hybridized carbons (Fsp3) is 0.462. The average Bonchev–Trinajstić information content (AvgIpc) is 3.02. The van der Waals surface area contributed by atoms with Crippen molar-refractivity contribution in [3.05, 3.63) is 59.4 Å². The molecular weight excluding hydrogens is 418 g/mol. The number of nitrogens with one attached hydrogen (secondary N) is 1. The number of rotatable bonds is 10. The number of likely N-dealkylation sites (tertiary alicyclic amines) is 1. The van der Waals surface area contributed by atoms with Crippen LogP contribution in [-0.4, -0.2) is 61.1 Å². The number of quaternary nitrogens is 1. The van der Waals surface area contributed by atoms with E-state index in [0.717, 1.165) is 18.5 Å². The van der Waals surface area contributed by atoms with Crippen LogP contribution in [0.3, 0.4) is 0 Å². The third-order valence-corrected chi connectivity index (χ3v) is 5.84. The van der Waals surface area contributed by atoms with Crippen molar-refractivity contribution in [3.63, 3.8) is 0 Å². The van der Waals surface area contributed by atoms with Crippen LogP contribution in [0.4, 0.5) is 0 Å². The van der Waals surface area contributed by atoms with E-state index >= 15 is 0 Å². The Hall–Kier alpha value is -3.06. The van der Waals surface area contributed by atoms with Crippen LogP contribution in [0.5, 0.6) is 5.75 Å². The van der Waals surface area contributed by atoms with E-state index in [1.165, 1.54) is 4.90 Å². The molecule has 0 bridgehead atoms. The standard InChI is InChI=1S/C26H33N3O4/c1-17(2)16-33-20-9-10-21(18(3)14-20)24(30)22-23(19-8-6-11-27-15-19)29(26(32)25(22)31)13-7-12-28(4)5/h6,8-11,14-15,17,22-23H,7,12-13,16H2,1-5H3/p+1. The summed E-state index contributed by atoms with van der Waals surface area (Å²) in [6.07, 6.45) is 4.01. The van der Waals surface area contributed by atoms with Gasteiger partial charge in [-0.15, -0.1) is 0 Å². The summed E-state index contributed by atoms with van der Waals surface area (Å²) in [6.45, 7) is 7.81. The Morgan fingerprint density at radius 1 is 1.21 bits per heavy atom. The summed E-state index contributed by atoms with van der Waals surface area (Å²) in [5, 5.41) is 0. The summed E-state index contributed by atoms with van der Waals surface area (Å²) in [5.74, 6) is -1.60. The molecule has 0 radical (unpaired) electrons. The van der Waals surface area contributed by atoms with Gasteiger partial charge in [-0.3, -0.25) is 19.4 Å². The lowest BCUT2D eigenvalue weighted by atomic mass is 9.85. The maximum absolute atomic E-state index is 13.6. The van der Waals surface area contributed by atoms with Crippen molar-refractivity contribution in [2.45, 2.75) is 33.2 Å². The minimum Gasteiger partial charge on any atom is -0.493 e. The highest BCUT2D eigenvalue weighted by Gasteiger charge is 2.51. The van der Waals surface area contributed by atoms with E-state index in [2.05, 4.69) is 18.8 Å². The second kappa shape index (κ2) is 10.7. The second-order valence-corrected chi connectivity index (χ2v) is 9.43. The van der Waals surface area contributed by atoms with Gasteiger partial charge in [0, 0.05) is 30.9 Å². The Labute approximate surface area is 195 Å². The molecule has 1 aliphatic heterocycles. The number of carbonyl (C=O) groups is 3. The second-order valence-electron chi connectivity index (χ2n) is 9.43. The van der Waals surface area contributed by atoms with Crippen LogP contribution in [0.2, 0.25) is 0 Å². The smallest absolute Gasteiger partial charge is 0.291 e. The number of pyridine rings is 1. The summed E-state index contributed by atoms with van der Waals surface area (Å²) in [6, 6.07) is 8.19. The fourth-order valence-electron chi connectivity index (χ4n) is 4.19. The van der Waals surface area contributed by atoms with Crippen LogP contribution in [-0.2, 0) is 9.59 Å². The van der Waals surface area contributed by atoms with E-state index < -0.39 is 23.7 Å². The Morgan fingerprint density at radius 3 is 2.58 bits per heavy atom. The van der Waals surface area contributed by atoms with E-state index in [-0.39, 0.29) is 5.78 Å². The maximum Gasteiger partial charge on any atom is 0.291 e. The molecule has 33 heavy (non-hydrogen) atoms. The number of benzene rings is 1. The maximum atomic E-state index is 13.6. The van der Waals surface area contributed by atoms with Crippen LogP contribution in [0, 0.1) is 18.8 Å². The molecule has 7 nitrogen and oxygen atoms in total. The Morgan fingerprint density at radius 2 is 1.97 bits per heavy atom. The lowest BCUT2D eigenvalue weighted by Crippen LogP contribution is -3.05. The van der Waals surface area contributed by atoms with E-state index in [1.807, 2.05) is 33.2 Å². The molecule has 1 N–H and O–H groups in total. The van der Waals surface area contributed by atoms with Crippen molar-refractivity contribution >= 4 is 17.5 Å². The summed E-state index contributed by atoms with van der Waals surface area (Å²) >= 11 is 0. The van der Waals surface area contributed by atoms with Gasteiger partial charge in [-0.05, 0) is 48.2 Å². The molecule has 1 fully saturated rings. The summed E-state index contributed by atoms with van der Waals surface area (Å²) in [5.41, 5.74) is 1.86. The number of carbonyl (C=O) groups excluding carboxylic acids is 3. The normalized spacial score (nSPS) is 18.5. The third-order valence-electron chi connectivity index (χ3n) is 5.84. The first-order valence-electron chi connectivity index (χ1n) is 11.5. The molecule has 1 aromatic carbocycles. The lowest BCUT2D eigenvalue weighted by molar-refractivity contribution is -0.858. The molecule has 2 unspecified atom stereocenters. The van der Waals surface area contributed by atoms with E-state index in [9.17, 15) is 14.4 Å². The summed E-state index contributed by atoms with van der Waals surface area (Å²) in [7, 11) is 4.08. The zero-order chi connectivity index (χ0) is 24.1. The van der Waals surface area contributed by atoms with E-state index in [4.69, 9.17) is 4.74 Å². The highest BCUT2D eigenvalue weighted by molar-refractivity contribution is 6.44. The third kappa shape index (κ3) is 5.66. The van der Waals surface area contributed by atoms with Gasteiger partial charge in [-0.25, -0.2) is 0 Å². The molecule has 0 saturated carbocycles. The zero-order valence-corrected chi connectivity index (χ0v) is 20.1. The summed E-state index contributed by atoms with van der Waals surface area (Å²) < 4.78 is 5.77. The van der Waals surface area contributed by atoms with E-state index in [0.29, 0.717) is 35.9 Å². The van der Waals surface area contributed by atoms with Crippen molar-refractivity contribution < 1.29 is 24.0 Å². The van der Waals surface area contributed by atoms with E-state index in [1.54, 1.807) is 35.5 Å². The number of hydrogen-bond acceptors (Lipinski definition) is 5. The van der Waals surface area contributed by atoms with Crippen molar-refractivity contribution in [2.75, 3.05) is 33.8 Å². The van der Waals surface area contributed by atoms with Crippen LogP contribution < -0.4 is 9.64 Å². The van der Waals surface area contributed by atoms with Gasteiger partial charge in [0.15, 0.2) is 5.78 Å². The highest BCUT2D eigenvalue weighted by Crippen LogP contribution is 2.38. The first-order chi connectivity index (χ1) is 15.7. The molecule has 0 aliphatic carbocycles. The number of hydrogen-bond donors (Lipinski definition) is 1. The Bertz CT molecular complexity index is 1000. The minimum atomic E-state index is -1.09. The molecule has 2 atom stereocenters. The lowest BCUT2D eigenvalue weighted by Gasteiger charge is -2.27. The van der Waals surface area contributed by atoms with Crippen LogP contribution in [0.1, 0.15) is 47.8 Å². The monoisotopic (exact) mass is 452 g/mol. The SMILES string of the molecule is Cc1cc(OCC(C)C)ccc1C(=O)C1C(=O)C(=O)N(CCC[NH+](C)C)C1c1cccnc1. The molecule has 0 spiro atoms. The largest absolute Gasteiger partial charge is 0.493 e. The van der Waals surface area contributed by atoms with Crippen LogP contribution in [0.15, 0.2) is 42.7 Å². The molecule has 3 rings (SSSR count). The number of aryl methyl sites for hydroxylation is 1. The Balaban J connectivity index is 1.93. The van der Waals surface area contributed by atoms with Gasteiger partial charge in [0.25, 0.3) is 5.91 Å². The van der Waals surface area contributed by atoms with Crippen molar-refractivity contribution in [1.29, 1.82) is 0 Å². The molecule has 176 valence electrons. The van der Waals surface area contributed by atoms with Gasteiger partial charge >= 0.3 is 0 Å². The first-order valence-corrected chi connectivity index (χ1v) is 11.5. The quantitative estimate of drug-likeness (QED) is 0.338. The molecular formula is C26H34N3O4+. The molecule has 1 aliphatic rings. The molecule has 1 amide bonds. The average molecular weight is 453 g/mol. The topological polar surface area (TPSA) is 81.0 Å². The molecule has 1 aromatic heterocycles. The van der Waals surface area contributed by atoms with Gasteiger partial charge in [0.1, 0.15) is 11.7 Å². The van der Waals surface area contributed by atoms with Gasteiger partial charge in [0.2, 0.25) is 5.78 Å². The predicted molar refractivity (Wildman–Crippen MR) is 125 cm³/mol.